The fraction of sp³-hybridized carbons (Fsp3) is 0.350. The average molecular weight is 322 g/mol. The lowest BCUT2D eigenvalue weighted by Gasteiger charge is -2.27. The molecule has 2 aromatic rings. The van der Waals surface area contributed by atoms with Crippen LogP contribution in [0.4, 0.5) is 0 Å². The summed E-state index contributed by atoms with van der Waals surface area (Å²) < 4.78 is 11.4. The minimum absolute atomic E-state index is 0.416. The van der Waals surface area contributed by atoms with Gasteiger partial charge in [-0.2, -0.15) is 0 Å². The van der Waals surface area contributed by atoms with Crippen molar-refractivity contribution in [3.63, 3.8) is 0 Å². The number of para-hydroxylation sites is 1. The largest absolute Gasteiger partial charge is 0.493 e. The summed E-state index contributed by atoms with van der Waals surface area (Å²) in [7, 11) is 1.68. The molecule has 3 heterocycles. The lowest BCUT2D eigenvalue weighted by atomic mass is 10.1. The summed E-state index contributed by atoms with van der Waals surface area (Å²) >= 11 is 0. The lowest BCUT2D eigenvalue weighted by Crippen LogP contribution is -2.28. The maximum Gasteiger partial charge on any atom is 0.168 e. The number of hydrogen-bond acceptors (Lipinski definition) is 4. The van der Waals surface area contributed by atoms with Gasteiger partial charge in [-0.15, -0.1) is 0 Å². The molecule has 1 fully saturated rings. The van der Waals surface area contributed by atoms with Gasteiger partial charge in [-0.3, -0.25) is 9.88 Å². The normalized spacial score (nSPS) is 20.2. The first-order valence-electron chi connectivity index (χ1n) is 8.49. The first kappa shape index (κ1) is 15.2. The summed E-state index contributed by atoms with van der Waals surface area (Å²) in [6.45, 7) is 2.67. The van der Waals surface area contributed by atoms with Crippen LogP contribution in [0.3, 0.4) is 0 Å². The summed E-state index contributed by atoms with van der Waals surface area (Å²) in [6, 6.07) is 12.6. The molecule has 1 aromatic heterocycles. The van der Waals surface area contributed by atoms with Gasteiger partial charge in [0, 0.05) is 18.3 Å². The number of aromatic nitrogens is 1. The summed E-state index contributed by atoms with van der Waals surface area (Å²) in [5, 5.41) is 0. The van der Waals surface area contributed by atoms with Crippen LogP contribution in [0, 0.1) is 0 Å². The Kier molecular flexibility index (Phi) is 4.22. The van der Waals surface area contributed by atoms with Gasteiger partial charge in [0.15, 0.2) is 11.5 Å². The lowest BCUT2D eigenvalue weighted by molar-refractivity contribution is 0.253. The maximum atomic E-state index is 5.97. The number of benzene rings is 1. The van der Waals surface area contributed by atoms with Crippen LogP contribution in [-0.4, -0.2) is 36.7 Å². The van der Waals surface area contributed by atoms with Gasteiger partial charge in [0.05, 0.1) is 18.8 Å². The molecule has 1 aromatic carbocycles. The average Bonchev–Trinajstić information content (AvgIpc) is 3.10. The van der Waals surface area contributed by atoms with Gasteiger partial charge in [-0.25, -0.2) is 0 Å². The molecule has 24 heavy (non-hydrogen) atoms. The van der Waals surface area contributed by atoms with Crippen LogP contribution >= 0.6 is 0 Å². The Bertz CT molecular complexity index is 743. The molecule has 124 valence electrons. The van der Waals surface area contributed by atoms with E-state index in [2.05, 4.69) is 34.2 Å². The van der Waals surface area contributed by atoms with E-state index in [9.17, 15) is 0 Å². The van der Waals surface area contributed by atoms with Crippen LogP contribution in [0.5, 0.6) is 11.5 Å². The monoisotopic (exact) mass is 322 g/mol. The molecular weight excluding hydrogens is 300 g/mol. The second-order valence-corrected chi connectivity index (χ2v) is 6.35. The van der Waals surface area contributed by atoms with E-state index >= 15 is 0 Å². The number of fused-ring (bicyclic) bond motifs is 1. The highest BCUT2D eigenvalue weighted by molar-refractivity contribution is 5.66. The smallest absolute Gasteiger partial charge is 0.168 e. The molecule has 4 heteroatoms. The van der Waals surface area contributed by atoms with Crippen molar-refractivity contribution in [1.29, 1.82) is 0 Å². The van der Waals surface area contributed by atoms with Crippen molar-refractivity contribution >= 4 is 6.08 Å². The van der Waals surface area contributed by atoms with Gasteiger partial charge >= 0.3 is 0 Å². The highest BCUT2D eigenvalue weighted by Gasteiger charge is 2.28. The van der Waals surface area contributed by atoms with Crippen molar-refractivity contribution in [2.24, 2.45) is 0 Å². The zero-order chi connectivity index (χ0) is 16.4. The van der Waals surface area contributed by atoms with Crippen molar-refractivity contribution in [3.05, 3.63) is 59.4 Å². The topological polar surface area (TPSA) is 34.6 Å². The van der Waals surface area contributed by atoms with Gasteiger partial charge < -0.3 is 9.47 Å². The van der Waals surface area contributed by atoms with Crippen LogP contribution in [0.2, 0.25) is 0 Å². The van der Waals surface area contributed by atoms with E-state index in [-0.39, 0.29) is 0 Å². The van der Waals surface area contributed by atoms with E-state index < -0.39 is 0 Å². The van der Waals surface area contributed by atoms with Gasteiger partial charge in [0.2, 0.25) is 0 Å². The number of nitrogens with zero attached hydrogens (tertiary/aromatic N) is 2. The fourth-order valence-electron chi connectivity index (χ4n) is 3.66. The Morgan fingerprint density at radius 1 is 1.25 bits per heavy atom. The molecule has 2 aliphatic heterocycles. The third kappa shape index (κ3) is 2.89. The molecule has 1 atom stereocenters. The second kappa shape index (κ2) is 6.65. The molecule has 1 saturated heterocycles. The van der Waals surface area contributed by atoms with E-state index in [4.69, 9.17) is 9.47 Å². The summed E-state index contributed by atoms with van der Waals surface area (Å²) in [5.74, 6) is 1.65. The zero-order valence-electron chi connectivity index (χ0n) is 13.9. The molecular formula is C20H22N2O2. The molecule has 0 aliphatic carbocycles. The van der Waals surface area contributed by atoms with E-state index in [1.54, 1.807) is 7.11 Å². The number of ether oxygens (including phenoxy) is 2. The van der Waals surface area contributed by atoms with Crippen molar-refractivity contribution in [3.8, 4) is 11.5 Å². The molecule has 0 bridgehead atoms. The Balaban J connectivity index is 1.54. The molecule has 0 N–H and O–H groups in total. The Morgan fingerprint density at radius 3 is 3.04 bits per heavy atom. The minimum Gasteiger partial charge on any atom is -0.493 e. The minimum atomic E-state index is 0.416. The summed E-state index contributed by atoms with van der Waals surface area (Å²) in [4.78, 5) is 7.07. The second-order valence-electron chi connectivity index (χ2n) is 6.35. The third-order valence-corrected chi connectivity index (χ3v) is 4.79. The fourth-order valence-corrected chi connectivity index (χ4v) is 3.66. The highest BCUT2D eigenvalue weighted by Crippen LogP contribution is 2.37. The van der Waals surface area contributed by atoms with Gasteiger partial charge in [-0.05, 0) is 49.2 Å². The van der Waals surface area contributed by atoms with Crippen molar-refractivity contribution in [2.75, 3.05) is 26.8 Å². The number of likely N-dealkylation sites (tertiary alicyclic amines) is 1. The SMILES string of the molecule is COc1cccc2c1OCC(CN1CCCC1c1ccccn1)=C2. The predicted molar refractivity (Wildman–Crippen MR) is 94.3 cm³/mol. The zero-order valence-corrected chi connectivity index (χ0v) is 13.9. The summed E-state index contributed by atoms with van der Waals surface area (Å²) in [6.07, 6.45) is 6.53. The van der Waals surface area contributed by atoms with Crippen LogP contribution in [0.15, 0.2) is 48.2 Å². The molecule has 4 rings (SSSR count). The van der Waals surface area contributed by atoms with E-state index in [0.29, 0.717) is 12.6 Å². The molecule has 1 unspecified atom stereocenters. The van der Waals surface area contributed by atoms with Crippen molar-refractivity contribution < 1.29 is 9.47 Å². The molecule has 2 aliphatic rings. The number of pyridine rings is 1. The molecule has 4 nitrogen and oxygen atoms in total. The predicted octanol–water partition coefficient (Wildman–Crippen LogP) is 3.70. The van der Waals surface area contributed by atoms with E-state index in [1.807, 2.05) is 24.4 Å². The van der Waals surface area contributed by atoms with Crippen LogP contribution in [0.1, 0.15) is 30.1 Å². The first-order valence-corrected chi connectivity index (χ1v) is 8.49. The number of rotatable bonds is 4. The van der Waals surface area contributed by atoms with E-state index in [1.165, 1.54) is 24.1 Å². The first-order chi connectivity index (χ1) is 11.8. The van der Waals surface area contributed by atoms with Gasteiger partial charge in [-0.1, -0.05) is 18.2 Å². The molecule has 0 spiro atoms. The molecule has 0 saturated carbocycles. The van der Waals surface area contributed by atoms with Crippen LogP contribution < -0.4 is 9.47 Å². The Morgan fingerprint density at radius 2 is 2.21 bits per heavy atom. The Hall–Kier alpha value is -2.33. The molecule has 0 radical (unpaired) electrons. The molecule has 0 amide bonds. The van der Waals surface area contributed by atoms with Crippen molar-refractivity contribution in [2.45, 2.75) is 18.9 Å². The third-order valence-electron chi connectivity index (χ3n) is 4.79. The quantitative estimate of drug-likeness (QED) is 0.859. The summed E-state index contributed by atoms with van der Waals surface area (Å²) in [5.41, 5.74) is 3.58. The number of hydrogen-bond donors (Lipinski definition) is 0. The Labute approximate surface area is 142 Å². The standard InChI is InChI=1S/C20H22N2O2/c1-23-19-9-4-6-16-12-15(14-24-20(16)19)13-22-11-5-8-18(22)17-7-2-3-10-21-17/h2-4,6-7,9-10,12,18H,5,8,11,13-14H2,1H3. The maximum absolute atomic E-state index is 5.97. The van der Waals surface area contributed by atoms with Gasteiger partial charge in [0.1, 0.15) is 6.61 Å². The van der Waals surface area contributed by atoms with E-state index in [0.717, 1.165) is 30.2 Å². The van der Waals surface area contributed by atoms with Crippen LogP contribution in [0.25, 0.3) is 6.08 Å². The number of methoxy groups -OCH3 is 1. The van der Waals surface area contributed by atoms with Crippen molar-refractivity contribution in [1.82, 2.24) is 9.88 Å². The highest BCUT2D eigenvalue weighted by atomic mass is 16.5. The van der Waals surface area contributed by atoms with Crippen LogP contribution in [-0.2, 0) is 0 Å². The van der Waals surface area contributed by atoms with Gasteiger partial charge in [0.25, 0.3) is 0 Å².